The standard InChI is InChI=1S/C6H12FN/c1-4(2)8-6-3-5(6)7/h4-6,8H,3H2,1-2H3/t5-,6+/m1/s1. The molecule has 1 aliphatic rings. The first-order valence-electron chi connectivity index (χ1n) is 3.10. The van der Waals surface area contributed by atoms with Gasteiger partial charge in [-0.15, -0.1) is 0 Å². The van der Waals surface area contributed by atoms with E-state index in [1.165, 1.54) is 0 Å². The molecule has 1 rings (SSSR count). The smallest absolute Gasteiger partial charge is 0.117 e. The van der Waals surface area contributed by atoms with E-state index in [-0.39, 0.29) is 6.04 Å². The molecule has 0 spiro atoms. The average Bonchev–Trinajstić information content (AvgIpc) is 2.17. The van der Waals surface area contributed by atoms with Crippen LogP contribution in [0.5, 0.6) is 0 Å². The van der Waals surface area contributed by atoms with Crippen molar-refractivity contribution in [3.8, 4) is 0 Å². The van der Waals surface area contributed by atoms with Gasteiger partial charge in [-0.05, 0) is 6.42 Å². The zero-order chi connectivity index (χ0) is 6.15. The number of alkyl halides is 1. The number of halogens is 1. The summed E-state index contributed by atoms with van der Waals surface area (Å²) in [7, 11) is 0. The topological polar surface area (TPSA) is 12.0 Å². The van der Waals surface area contributed by atoms with E-state index in [9.17, 15) is 4.39 Å². The van der Waals surface area contributed by atoms with Crippen LogP contribution in [0.1, 0.15) is 20.3 Å². The summed E-state index contributed by atoms with van der Waals surface area (Å²) in [5, 5.41) is 3.09. The van der Waals surface area contributed by atoms with Gasteiger partial charge in [-0.25, -0.2) is 4.39 Å². The maximum absolute atomic E-state index is 12.1. The second kappa shape index (κ2) is 2.02. The molecular formula is C6H12FN. The van der Waals surface area contributed by atoms with E-state index < -0.39 is 6.17 Å². The number of rotatable bonds is 2. The Kier molecular flexibility index (Phi) is 1.52. The van der Waals surface area contributed by atoms with E-state index in [2.05, 4.69) is 5.32 Å². The third-order valence-electron chi connectivity index (χ3n) is 1.26. The van der Waals surface area contributed by atoms with Gasteiger partial charge < -0.3 is 5.32 Å². The van der Waals surface area contributed by atoms with Crippen LogP contribution in [0.15, 0.2) is 0 Å². The molecule has 1 fully saturated rings. The van der Waals surface area contributed by atoms with Crippen molar-refractivity contribution in [1.82, 2.24) is 5.32 Å². The highest BCUT2D eigenvalue weighted by Crippen LogP contribution is 2.24. The minimum absolute atomic E-state index is 0.176. The fraction of sp³-hybridized carbons (Fsp3) is 1.00. The number of hydrogen-bond acceptors (Lipinski definition) is 1. The van der Waals surface area contributed by atoms with Crippen LogP contribution in [0.2, 0.25) is 0 Å². The van der Waals surface area contributed by atoms with Crippen LogP contribution in [0.4, 0.5) is 4.39 Å². The van der Waals surface area contributed by atoms with E-state index in [0.29, 0.717) is 6.04 Å². The molecule has 0 aromatic carbocycles. The van der Waals surface area contributed by atoms with Crippen molar-refractivity contribution in [3.05, 3.63) is 0 Å². The number of nitrogens with one attached hydrogen (secondary N) is 1. The molecule has 2 heteroatoms. The van der Waals surface area contributed by atoms with Gasteiger partial charge >= 0.3 is 0 Å². The van der Waals surface area contributed by atoms with Crippen LogP contribution in [0.25, 0.3) is 0 Å². The Bertz CT molecular complexity index is 82.6. The van der Waals surface area contributed by atoms with E-state index >= 15 is 0 Å². The van der Waals surface area contributed by atoms with Gasteiger partial charge in [0.2, 0.25) is 0 Å². The summed E-state index contributed by atoms with van der Waals surface area (Å²) in [5.74, 6) is 0. The van der Waals surface area contributed by atoms with Crippen molar-refractivity contribution in [1.29, 1.82) is 0 Å². The van der Waals surface area contributed by atoms with Gasteiger partial charge in [0.25, 0.3) is 0 Å². The highest BCUT2D eigenvalue weighted by Gasteiger charge is 2.37. The lowest BCUT2D eigenvalue weighted by molar-refractivity contribution is 0.434. The lowest BCUT2D eigenvalue weighted by Crippen LogP contribution is -2.26. The second-order valence-corrected chi connectivity index (χ2v) is 2.68. The van der Waals surface area contributed by atoms with E-state index in [0.717, 1.165) is 6.42 Å². The third kappa shape index (κ3) is 1.44. The molecule has 0 aliphatic heterocycles. The molecule has 0 aromatic heterocycles. The molecular weight excluding hydrogens is 105 g/mol. The first-order chi connectivity index (χ1) is 3.70. The van der Waals surface area contributed by atoms with E-state index in [1.54, 1.807) is 0 Å². The summed E-state index contributed by atoms with van der Waals surface area (Å²) in [6.45, 7) is 4.07. The molecule has 0 saturated heterocycles. The van der Waals surface area contributed by atoms with Gasteiger partial charge in [0.1, 0.15) is 6.17 Å². The Labute approximate surface area is 49.3 Å². The fourth-order valence-corrected chi connectivity index (χ4v) is 0.765. The minimum atomic E-state index is -0.558. The van der Waals surface area contributed by atoms with Gasteiger partial charge in [-0.3, -0.25) is 0 Å². The molecule has 1 nitrogen and oxygen atoms in total. The maximum atomic E-state index is 12.1. The normalized spacial score (nSPS) is 36.0. The molecule has 48 valence electrons. The first kappa shape index (κ1) is 6.02. The molecule has 0 radical (unpaired) electrons. The Morgan fingerprint density at radius 2 is 2.12 bits per heavy atom. The Morgan fingerprint density at radius 3 is 2.25 bits per heavy atom. The van der Waals surface area contributed by atoms with Crippen LogP contribution >= 0.6 is 0 Å². The predicted octanol–water partition coefficient (Wildman–Crippen LogP) is 1.09. The van der Waals surface area contributed by atoms with Crippen molar-refractivity contribution >= 4 is 0 Å². The lowest BCUT2D eigenvalue weighted by atomic mass is 10.4. The summed E-state index contributed by atoms with van der Waals surface area (Å²) in [4.78, 5) is 0. The zero-order valence-electron chi connectivity index (χ0n) is 5.32. The van der Waals surface area contributed by atoms with Crippen LogP contribution in [0.3, 0.4) is 0 Å². The maximum Gasteiger partial charge on any atom is 0.117 e. The van der Waals surface area contributed by atoms with Crippen molar-refractivity contribution in [2.75, 3.05) is 0 Å². The summed E-state index contributed by atoms with van der Waals surface area (Å²) in [5.41, 5.74) is 0. The molecule has 1 saturated carbocycles. The minimum Gasteiger partial charge on any atom is -0.309 e. The van der Waals surface area contributed by atoms with Gasteiger partial charge in [0.05, 0.1) is 0 Å². The quantitative estimate of drug-likeness (QED) is 0.571. The highest BCUT2D eigenvalue weighted by atomic mass is 19.1. The summed E-state index contributed by atoms with van der Waals surface area (Å²) in [6.07, 6.45) is 0.162. The molecule has 0 unspecified atom stereocenters. The molecule has 1 aliphatic carbocycles. The lowest BCUT2D eigenvalue weighted by Gasteiger charge is -2.03. The van der Waals surface area contributed by atoms with Crippen LogP contribution in [0, 0.1) is 0 Å². The van der Waals surface area contributed by atoms with E-state index in [1.807, 2.05) is 13.8 Å². The van der Waals surface area contributed by atoms with Crippen LogP contribution < -0.4 is 5.32 Å². The number of hydrogen-bond donors (Lipinski definition) is 1. The Hall–Kier alpha value is -0.110. The largest absolute Gasteiger partial charge is 0.309 e. The first-order valence-corrected chi connectivity index (χ1v) is 3.10. The van der Waals surface area contributed by atoms with E-state index in [4.69, 9.17) is 0 Å². The molecule has 0 aromatic rings. The predicted molar refractivity (Wildman–Crippen MR) is 31.6 cm³/mol. The van der Waals surface area contributed by atoms with Gasteiger partial charge in [-0.1, -0.05) is 13.8 Å². The third-order valence-corrected chi connectivity index (χ3v) is 1.26. The molecule has 0 heterocycles. The highest BCUT2D eigenvalue weighted by molar-refractivity contribution is 4.94. The summed E-state index contributed by atoms with van der Waals surface area (Å²) < 4.78 is 12.1. The summed E-state index contributed by atoms with van der Waals surface area (Å²) in [6, 6.07) is 0.607. The molecule has 0 bridgehead atoms. The fourth-order valence-electron chi connectivity index (χ4n) is 0.765. The van der Waals surface area contributed by atoms with Crippen molar-refractivity contribution in [2.45, 2.75) is 38.5 Å². The molecule has 2 atom stereocenters. The summed E-state index contributed by atoms with van der Waals surface area (Å²) >= 11 is 0. The van der Waals surface area contributed by atoms with Gasteiger partial charge in [-0.2, -0.15) is 0 Å². The van der Waals surface area contributed by atoms with Crippen LogP contribution in [-0.2, 0) is 0 Å². The monoisotopic (exact) mass is 117 g/mol. The van der Waals surface area contributed by atoms with Crippen molar-refractivity contribution < 1.29 is 4.39 Å². The van der Waals surface area contributed by atoms with Crippen molar-refractivity contribution in [3.63, 3.8) is 0 Å². The molecule has 0 amide bonds. The molecule has 8 heavy (non-hydrogen) atoms. The SMILES string of the molecule is CC(C)N[C@H]1C[C@H]1F. The van der Waals surface area contributed by atoms with Gasteiger partial charge in [0.15, 0.2) is 0 Å². The van der Waals surface area contributed by atoms with Gasteiger partial charge in [0, 0.05) is 12.1 Å². The second-order valence-electron chi connectivity index (χ2n) is 2.68. The Balaban J connectivity index is 2.05. The Morgan fingerprint density at radius 1 is 1.62 bits per heavy atom. The molecule has 1 N–H and O–H groups in total. The zero-order valence-corrected chi connectivity index (χ0v) is 5.32. The van der Waals surface area contributed by atoms with Crippen LogP contribution in [-0.4, -0.2) is 18.3 Å². The van der Waals surface area contributed by atoms with Crippen molar-refractivity contribution in [2.24, 2.45) is 0 Å². The average molecular weight is 117 g/mol.